The molecule has 112 valence electrons. The largest absolute Gasteiger partial charge is 0.486 e. The van der Waals surface area contributed by atoms with E-state index >= 15 is 0 Å². The molecule has 0 N–H and O–H groups in total. The maximum absolute atomic E-state index is 6.20. The molecule has 0 radical (unpaired) electrons. The number of hydrogen-bond donors (Lipinski definition) is 0. The van der Waals surface area contributed by atoms with Crippen LogP contribution in [0.4, 0.5) is 0 Å². The highest BCUT2D eigenvalue weighted by molar-refractivity contribution is 9.10. The van der Waals surface area contributed by atoms with Crippen molar-refractivity contribution in [2.75, 3.05) is 13.2 Å². The summed E-state index contributed by atoms with van der Waals surface area (Å²) >= 11 is 3.45. The summed E-state index contributed by atoms with van der Waals surface area (Å²) in [5, 5.41) is 0.212. The molecule has 1 aliphatic rings. The maximum Gasteiger partial charge on any atom is 0.192 e. The highest BCUT2D eigenvalue weighted by Gasteiger charge is 2.38. The van der Waals surface area contributed by atoms with E-state index < -0.39 is 8.32 Å². The van der Waals surface area contributed by atoms with E-state index in [1.54, 1.807) is 0 Å². The van der Waals surface area contributed by atoms with Crippen LogP contribution in [0.5, 0.6) is 11.5 Å². The first-order chi connectivity index (χ1) is 9.19. The molecule has 0 fully saturated rings. The number of ether oxygens (including phenoxy) is 2. The van der Waals surface area contributed by atoms with Gasteiger partial charge in [0.15, 0.2) is 25.9 Å². The van der Waals surface area contributed by atoms with Gasteiger partial charge in [0, 0.05) is 4.47 Å². The van der Waals surface area contributed by atoms with Crippen molar-refractivity contribution in [3.63, 3.8) is 0 Å². The van der Waals surface area contributed by atoms with E-state index in [4.69, 9.17) is 13.9 Å². The van der Waals surface area contributed by atoms with Gasteiger partial charge in [-0.1, -0.05) is 36.7 Å². The summed E-state index contributed by atoms with van der Waals surface area (Å²) in [6.45, 7) is 12.4. The molecule has 0 saturated carbocycles. The third kappa shape index (κ3) is 3.57. The van der Waals surface area contributed by atoms with Crippen LogP contribution in [0, 0.1) is 0 Å². The fraction of sp³-hybridized carbons (Fsp3) is 0.600. The molecule has 1 atom stereocenters. The Hall–Kier alpha value is -0.523. The zero-order valence-corrected chi connectivity index (χ0v) is 15.4. The molecule has 0 spiro atoms. The average Bonchev–Trinajstić information content (AvgIpc) is 2.34. The summed E-state index contributed by atoms with van der Waals surface area (Å²) in [4.78, 5) is 0. The van der Waals surface area contributed by atoms with Gasteiger partial charge in [-0.3, -0.25) is 0 Å². The first-order valence-electron chi connectivity index (χ1n) is 6.92. The van der Waals surface area contributed by atoms with Crippen LogP contribution in [-0.2, 0) is 4.43 Å². The maximum atomic E-state index is 6.20. The van der Waals surface area contributed by atoms with E-state index in [9.17, 15) is 0 Å². The molecule has 3 nitrogen and oxygen atoms in total. The minimum absolute atomic E-state index is 0.0362. The van der Waals surface area contributed by atoms with Crippen molar-refractivity contribution in [1.29, 1.82) is 0 Å². The van der Waals surface area contributed by atoms with Crippen LogP contribution < -0.4 is 9.47 Å². The Morgan fingerprint density at radius 3 is 2.65 bits per heavy atom. The Bertz CT molecular complexity index is 482. The van der Waals surface area contributed by atoms with Crippen molar-refractivity contribution in [2.24, 2.45) is 0 Å². The first kappa shape index (κ1) is 15.9. The molecule has 5 heteroatoms. The van der Waals surface area contributed by atoms with Gasteiger partial charge in [-0.25, -0.2) is 0 Å². The van der Waals surface area contributed by atoms with Crippen molar-refractivity contribution in [1.82, 2.24) is 0 Å². The van der Waals surface area contributed by atoms with Crippen molar-refractivity contribution in [3.8, 4) is 11.5 Å². The van der Waals surface area contributed by atoms with Crippen molar-refractivity contribution in [3.05, 3.63) is 22.7 Å². The second-order valence-corrected chi connectivity index (χ2v) is 12.4. The van der Waals surface area contributed by atoms with Crippen LogP contribution >= 0.6 is 15.9 Å². The van der Waals surface area contributed by atoms with Gasteiger partial charge in [0.25, 0.3) is 0 Å². The molecule has 2 rings (SSSR count). The molecule has 20 heavy (non-hydrogen) atoms. The topological polar surface area (TPSA) is 27.7 Å². The van der Waals surface area contributed by atoms with Crippen molar-refractivity contribution < 1.29 is 13.9 Å². The molecule has 0 saturated heterocycles. The third-order valence-corrected chi connectivity index (χ3v) is 9.05. The summed E-state index contributed by atoms with van der Waals surface area (Å²) in [6, 6.07) is 5.81. The molecule has 0 aromatic heterocycles. The minimum atomic E-state index is -1.74. The molecule has 0 amide bonds. The highest BCUT2D eigenvalue weighted by atomic mass is 79.9. The summed E-state index contributed by atoms with van der Waals surface area (Å²) in [5.41, 5.74) is 0. The quantitative estimate of drug-likeness (QED) is 0.738. The van der Waals surface area contributed by atoms with Crippen LogP contribution in [0.2, 0.25) is 18.1 Å². The van der Waals surface area contributed by atoms with Crippen LogP contribution in [0.1, 0.15) is 20.8 Å². The first-order valence-corrected chi connectivity index (χ1v) is 10.6. The Balaban J connectivity index is 1.97. The molecule has 1 aromatic carbocycles. The van der Waals surface area contributed by atoms with Gasteiger partial charge in [0.2, 0.25) is 0 Å². The van der Waals surface area contributed by atoms with Gasteiger partial charge in [-0.05, 0) is 36.3 Å². The van der Waals surface area contributed by atoms with Gasteiger partial charge < -0.3 is 13.9 Å². The summed E-state index contributed by atoms with van der Waals surface area (Å²) in [6.07, 6.45) is -0.0362. The van der Waals surface area contributed by atoms with E-state index in [-0.39, 0.29) is 11.1 Å². The van der Waals surface area contributed by atoms with Crippen LogP contribution in [0.25, 0.3) is 0 Å². The minimum Gasteiger partial charge on any atom is -0.486 e. The molecular weight excluding hydrogens is 336 g/mol. The van der Waals surface area contributed by atoms with E-state index in [1.165, 1.54) is 0 Å². The Kier molecular flexibility index (Phi) is 4.52. The summed E-state index contributed by atoms with van der Waals surface area (Å²) in [7, 11) is -1.74. The molecule has 1 aliphatic heterocycles. The lowest BCUT2D eigenvalue weighted by molar-refractivity contribution is 0.0491. The molecular formula is C15H23BrO3Si. The monoisotopic (exact) mass is 358 g/mol. The number of hydrogen-bond acceptors (Lipinski definition) is 3. The smallest absolute Gasteiger partial charge is 0.192 e. The van der Waals surface area contributed by atoms with Gasteiger partial charge in [-0.15, -0.1) is 0 Å². The molecule has 0 aliphatic carbocycles. The predicted octanol–water partition coefficient (Wildman–Crippen LogP) is 4.61. The zero-order chi connectivity index (χ0) is 15.0. The highest BCUT2D eigenvalue weighted by Crippen LogP contribution is 2.38. The predicted molar refractivity (Wildman–Crippen MR) is 87.2 cm³/mol. The standard InChI is InChI=1S/C15H23BrO3Si/c1-15(2,3)20(4,5)18-10-12-9-17-13-7-6-11(16)8-14(13)19-12/h6-8,12H,9-10H2,1-5H3. The van der Waals surface area contributed by atoms with Gasteiger partial charge >= 0.3 is 0 Å². The number of rotatable bonds is 3. The van der Waals surface area contributed by atoms with Crippen LogP contribution in [-0.4, -0.2) is 27.6 Å². The van der Waals surface area contributed by atoms with Gasteiger partial charge in [0.1, 0.15) is 6.61 Å². The van der Waals surface area contributed by atoms with Crippen LogP contribution in [0.15, 0.2) is 22.7 Å². The van der Waals surface area contributed by atoms with Gasteiger partial charge in [0.05, 0.1) is 6.61 Å². The zero-order valence-electron chi connectivity index (χ0n) is 12.8. The number of benzene rings is 1. The fourth-order valence-electron chi connectivity index (χ4n) is 1.69. The Labute approximate surface area is 130 Å². The average molecular weight is 359 g/mol. The van der Waals surface area contributed by atoms with E-state index in [1.807, 2.05) is 18.2 Å². The summed E-state index contributed by atoms with van der Waals surface area (Å²) < 4.78 is 18.9. The second kappa shape index (κ2) is 5.70. The van der Waals surface area contributed by atoms with E-state index in [0.717, 1.165) is 16.0 Å². The number of fused-ring (bicyclic) bond motifs is 1. The molecule has 1 heterocycles. The van der Waals surface area contributed by atoms with E-state index in [2.05, 4.69) is 49.8 Å². The van der Waals surface area contributed by atoms with E-state index in [0.29, 0.717) is 13.2 Å². The fourth-order valence-corrected chi connectivity index (χ4v) is 3.07. The SMILES string of the molecule is CC(C)(C)[Si](C)(C)OCC1COc2ccc(Br)cc2O1. The molecule has 0 bridgehead atoms. The molecule has 1 aromatic rings. The lowest BCUT2D eigenvalue weighted by atomic mass is 10.2. The van der Waals surface area contributed by atoms with Gasteiger partial charge in [-0.2, -0.15) is 0 Å². The van der Waals surface area contributed by atoms with Crippen LogP contribution in [0.3, 0.4) is 0 Å². The lowest BCUT2D eigenvalue weighted by Gasteiger charge is -2.37. The molecule has 1 unspecified atom stereocenters. The Morgan fingerprint density at radius 2 is 2.00 bits per heavy atom. The Morgan fingerprint density at radius 1 is 1.30 bits per heavy atom. The normalized spacial score (nSPS) is 19.0. The number of halogens is 1. The lowest BCUT2D eigenvalue weighted by Crippen LogP contribution is -2.45. The second-order valence-electron chi connectivity index (χ2n) is 6.71. The third-order valence-electron chi connectivity index (χ3n) is 4.06. The van der Waals surface area contributed by atoms with Crippen molar-refractivity contribution >= 4 is 24.2 Å². The summed E-state index contributed by atoms with van der Waals surface area (Å²) in [5.74, 6) is 1.59. The van der Waals surface area contributed by atoms with Crippen molar-refractivity contribution in [2.45, 2.75) is 45.0 Å².